The SMILES string of the molecule is O=C(c1cccc(O)c1O)N1CCOC(CO)C1. The number of morpholine rings is 1. The molecule has 1 aromatic carbocycles. The molecule has 1 fully saturated rings. The van der Waals surface area contributed by atoms with E-state index < -0.39 is 11.9 Å². The van der Waals surface area contributed by atoms with Gasteiger partial charge >= 0.3 is 0 Å². The zero-order valence-electron chi connectivity index (χ0n) is 9.74. The molecule has 0 spiro atoms. The zero-order chi connectivity index (χ0) is 13.1. The number of phenolic OH excluding ortho intramolecular Hbond substituents is 2. The number of phenols is 2. The number of ether oxygens (including phenoxy) is 1. The van der Waals surface area contributed by atoms with Crippen molar-refractivity contribution in [1.82, 2.24) is 4.90 Å². The first kappa shape index (κ1) is 12.7. The monoisotopic (exact) mass is 253 g/mol. The molecular weight excluding hydrogens is 238 g/mol. The summed E-state index contributed by atoms with van der Waals surface area (Å²) in [6, 6.07) is 4.25. The van der Waals surface area contributed by atoms with Crippen LogP contribution in [0.1, 0.15) is 10.4 Å². The summed E-state index contributed by atoms with van der Waals surface area (Å²) in [5, 5.41) is 28.0. The summed E-state index contributed by atoms with van der Waals surface area (Å²) in [6.07, 6.45) is -0.401. The highest BCUT2D eigenvalue weighted by Crippen LogP contribution is 2.29. The van der Waals surface area contributed by atoms with E-state index in [9.17, 15) is 15.0 Å². The van der Waals surface area contributed by atoms with Crippen molar-refractivity contribution in [3.63, 3.8) is 0 Å². The van der Waals surface area contributed by atoms with Crippen molar-refractivity contribution in [2.75, 3.05) is 26.3 Å². The summed E-state index contributed by atoms with van der Waals surface area (Å²) in [7, 11) is 0. The molecule has 1 atom stereocenters. The zero-order valence-corrected chi connectivity index (χ0v) is 9.74. The lowest BCUT2D eigenvalue weighted by Gasteiger charge is -2.32. The second-order valence-corrected chi connectivity index (χ2v) is 4.10. The summed E-state index contributed by atoms with van der Waals surface area (Å²) in [5.74, 6) is -1.13. The highest BCUT2D eigenvalue weighted by molar-refractivity contribution is 5.97. The molecule has 1 unspecified atom stereocenters. The standard InChI is InChI=1S/C12H15NO5/c14-7-8-6-13(4-5-18-8)12(17)9-2-1-3-10(15)11(9)16/h1-3,8,14-16H,4-7H2. The number of hydrogen-bond donors (Lipinski definition) is 3. The minimum Gasteiger partial charge on any atom is -0.504 e. The van der Waals surface area contributed by atoms with Gasteiger partial charge in [0.05, 0.1) is 24.9 Å². The van der Waals surface area contributed by atoms with Crippen molar-refractivity contribution in [3.05, 3.63) is 23.8 Å². The van der Waals surface area contributed by atoms with Gasteiger partial charge in [-0.3, -0.25) is 4.79 Å². The van der Waals surface area contributed by atoms with Gasteiger partial charge in [0.15, 0.2) is 11.5 Å². The summed E-state index contributed by atoms with van der Waals surface area (Å²) < 4.78 is 5.24. The van der Waals surface area contributed by atoms with Gasteiger partial charge in [-0.25, -0.2) is 0 Å². The van der Waals surface area contributed by atoms with Gasteiger partial charge < -0.3 is 25.0 Å². The van der Waals surface area contributed by atoms with Crippen LogP contribution in [0.5, 0.6) is 11.5 Å². The predicted octanol–water partition coefficient (Wildman–Crippen LogP) is -0.0689. The fourth-order valence-corrected chi connectivity index (χ4v) is 1.89. The molecule has 0 aromatic heterocycles. The minimum atomic E-state index is -0.422. The Hall–Kier alpha value is -1.79. The van der Waals surface area contributed by atoms with Crippen molar-refractivity contribution in [1.29, 1.82) is 0 Å². The van der Waals surface area contributed by atoms with Gasteiger partial charge in [0.1, 0.15) is 0 Å². The largest absolute Gasteiger partial charge is 0.504 e. The average molecular weight is 253 g/mol. The van der Waals surface area contributed by atoms with E-state index in [1.54, 1.807) is 0 Å². The third-order valence-corrected chi connectivity index (χ3v) is 2.87. The van der Waals surface area contributed by atoms with E-state index in [4.69, 9.17) is 9.84 Å². The summed E-state index contributed by atoms with van der Waals surface area (Å²) >= 11 is 0. The van der Waals surface area contributed by atoms with Gasteiger partial charge in [-0.05, 0) is 12.1 Å². The van der Waals surface area contributed by atoms with Gasteiger partial charge in [-0.1, -0.05) is 6.07 Å². The number of hydrogen-bond acceptors (Lipinski definition) is 5. The smallest absolute Gasteiger partial charge is 0.257 e. The van der Waals surface area contributed by atoms with Crippen molar-refractivity contribution in [3.8, 4) is 11.5 Å². The van der Waals surface area contributed by atoms with E-state index >= 15 is 0 Å². The van der Waals surface area contributed by atoms with Crippen molar-refractivity contribution < 1.29 is 24.9 Å². The molecule has 1 aromatic rings. The lowest BCUT2D eigenvalue weighted by Crippen LogP contribution is -2.46. The number of amides is 1. The average Bonchev–Trinajstić information content (AvgIpc) is 2.41. The normalized spacial score (nSPS) is 19.8. The highest BCUT2D eigenvalue weighted by Gasteiger charge is 2.26. The molecule has 6 nitrogen and oxygen atoms in total. The Labute approximate surface area is 104 Å². The lowest BCUT2D eigenvalue weighted by molar-refractivity contribution is -0.0447. The van der Waals surface area contributed by atoms with E-state index in [0.717, 1.165) is 0 Å². The molecule has 98 valence electrons. The van der Waals surface area contributed by atoms with Crippen LogP contribution in [0, 0.1) is 0 Å². The number of benzene rings is 1. The van der Waals surface area contributed by atoms with Crippen LogP contribution in [0.2, 0.25) is 0 Å². The molecule has 1 saturated heterocycles. The van der Waals surface area contributed by atoms with E-state index in [2.05, 4.69) is 0 Å². The molecule has 1 aliphatic rings. The second kappa shape index (κ2) is 5.24. The molecular formula is C12H15NO5. The third-order valence-electron chi connectivity index (χ3n) is 2.87. The Kier molecular flexibility index (Phi) is 3.69. The van der Waals surface area contributed by atoms with Gasteiger partial charge in [0.2, 0.25) is 0 Å². The lowest BCUT2D eigenvalue weighted by atomic mass is 10.1. The number of aliphatic hydroxyl groups is 1. The second-order valence-electron chi connectivity index (χ2n) is 4.10. The molecule has 3 N–H and O–H groups in total. The molecule has 0 saturated carbocycles. The van der Waals surface area contributed by atoms with Crippen molar-refractivity contribution in [2.45, 2.75) is 6.10 Å². The van der Waals surface area contributed by atoms with Crippen LogP contribution in [0.4, 0.5) is 0 Å². The predicted molar refractivity (Wildman–Crippen MR) is 62.5 cm³/mol. The molecule has 1 amide bonds. The molecule has 0 aliphatic carbocycles. The van der Waals surface area contributed by atoms with Crippen molar-refractivity contribution >= 4 is 5.91 Å². The van der Waals surface area contributed by atoms with E-state index in [0.29, 0.717) is 13.2 Å². The number of para-hydroxylation sites is 1. The van der Waals surface area contributed by atoms with Crippen LogP contribution >= 0.6 is 0 Å². The van der Waals surface area contributed by atoms with E-state index in [1.165, 1.54) is 23.1 Å². The van der Waals surface area contributed by atoms with Gasteiger partial charge in [0.25, 0.3) is 5.91 Å². The Morgan fingerprint density at radius 1 is 1.44 bits per heavy atom. The van der Waals surface area contributed by atoms with Crippen LogP contribution in [0.25, 0.3) is 0 Å². The fraction of sp³-hybridized carbons (Fsp3) is 0.417. The summed E-state index contributed by atoms with van der Waals surface area (Å²) in [4.78, 5) is 13.6. The third kappa shape index (κ3) is 2.39. The maximum Gasteiger partial charge on any atom is 0.257 e. The van der Waals surface area contributed by atoms with Crippen LogP contribution in [0.15, 0.2) is 18.2 Å². The first-order valence-corrected chi connectivity index (χ1v) is 5.66. The van der Waals surface area contributed by atoms with Crippen LogP contribution < -0.4 is 0 Å². The number of nitrogens with zero attached hydrogens (tertiary/aromatic N) is 1. The Balaban J connectivity index is 2.18. The number of aliphatic hydroxyl groups excluding tert-OH is 1. The van der Waals surface area contributed by atoms with Crippen LogP contribution in [-0.2, 0) is 4.74 Å². The first-order valence-electron chi connectivity index (χ1n) is 5.66. The highest BCUT2D eigenvalue weighted by atomic mass is 16.5. The number of aromatic hydroxyl groups is 2. The molecule has 0 bridgehead atoms. The van der Waals surface area contributed by atoms with Gasteiger partial charge in [-0.15, -0.1) is 0 Å². The number of rotatable bonds is 2. The fourth-order valence-electron chi connectivity index (χ4n) is 1.89. The Morgan fingerprint density at radius 3 is 2.94 bits per heavy atom. The molecule has 2 rings (SSSR count). The first-order chi connectivity index (χ1) is 8.63. The summed E-state index contributed by atoms with van der Waals surface area (Å²) in [6.45, 7) is 0.848. The van der Waals surface area contributed by atoms with Gasteiger partial charge in [-0.2, -0.15) is 0 Å². The van der Waals surface area contributed by atoms with Crippen LogP contribution in [0.3, 0.4) is 0 Å². The van der Waals surface area contributed by atoms with Crippen LogP contribution in [-0.4, -0.2) is 58.5 Å². The minimum absolute atomic E-state index is 0.0496. The Morgan fingerprint density at radius 2 is 2.22 bits per heavy atom. The number of carbonyl (C=O) groups excluding carboxylic acids is 1. The quantitative estimate of drug-likeness (QED) is 0.642. The maximum atomic E-state index is 12.2. The maximum absolute atomic E-state index is 12.2. The topological polar surface area (TPSA) is 90.2 Å². The van der Waals surface area contributed by atoms with E-state index in [-0.39, 0.29) is 30.4 Å². The van der Waals surface area contributed by atoms with E-state index in [1.807, 2.05) is 0 Å². The molecule has 1 heterocycles. The summed E-state index contributed by atoms with van der Waals surface area (Å²) in [5.41, 5.74) is 0.0496. The molecule has 1 aliphatic heterocycles. The number of carbonyl (C=O) groups is 1. The molecule has 0 radical (unpaired) electrons. The van der Waals surface area contributed by atoms with Gasteiger partial charge in [0, 0.05) is 13.1 Å². The Bertz CT molecular complexity index is 448. The molecule has 18 heavy (non-hydrogen) atoms. The molecule has 6 heteroatoms. The van der Waals surface area contributed by atoms with Crippen molar-refractivity contribution in [2.24, 2.45) is 0 Å².